The van der Waals surface area contributed by atoms with Gasteiger partial charge in [0.1, 0.15) is 0 Å². The average molecular weight is 260 g/mol. The van der Waals surface area contributed by atoms with Gasteiger partial charge < -0.3 is 15.4 Å². The van der Waals surface area contributed by atoms with Crippen LogP contribution in [0.3, 0.4) is 0 Å². The molecule has 1 heterocycles. The summed E-state index contributed by atoms with van der Waals surface area (Å²) in [4.78, 5) is 14.3. The predicted molar refractivity (Wildman–Crippen MR) is 76.1 cm³/mol. The lowest BCUT2D eigenvalue weighted by Crippen LogP contribution is -2.35. The molecule has 1 aromatic rings. The van der Waals surface area contributed by atoms with Crippen molar-refractivity contribution in [3.63, 3.8) is 0 Å². The maximum absolute atomic E-state index is 12.4. The molecule has 1 aliphatic rings. The lowest BCUT2D eigenvalue weighted by atomic mass is 10.0. The van der Waals surface area contributed by atoms with E-state index in [1.165, 1.54) is 5.57 Å². The molecule has 0 saturated carbocycles. The van der Waals surface area contributed by atoms with E-state index in [1.54, 1.807) is 13.2 Å². The van der Waals surface area contributed by atoms with Crippen molar-refractivity contribution in [2.75, 3.05) is 32.5 Å². The second-order valence-electron chi connectivity index (χ2n) is 4.87. The van der Waals surface area contributed by atoms with Crippen molar-refractivity contribution in [3.8, 4) is 0 Å². The third-order valence-corrected chi connectivity index (χ3v) is 3.41. The number of carbonyl (C=O) groups excluding carboxylic acids is 1. The summed E-state index contributed by atoms with van der Waals surface area (Å²) >= 11 is 0. The zero-order valence-corrected chi connectivity index (χ0v) is 11.5. The van der Waals surface area contributed by atoms with Crippen molar-refractivity contribution in [2.24, 2.45) is 0 Å². The molecule has 0 spiro atoms. The van der Waals surface area contributed by atoms with Gasteiger partial charge in [-0.05, 0) is 36.6 Å². The molecule has 0 bridgehead atoms. The fourth-order valence-electron chi connectivity index (χ4n) is 2.25. The maximum Gasteiger partial charge on any atom is 0.254 e. The zero-order valence-electron chi connectivity index (χ0n) is 11.5. The molecule has 0 atom stereocenters. The first-order valence-corrected chi connectivity index (χ1v) is 6.44. The van der Waals surface area contributed by atoms with Crippen molar-refractivity contribution in [2.45, 2.75) is 13.3 Å². The lowest BCUT2D eigenvalue weighted by Gasteiger charge is -2.27. The van der Waals surface area contributed by atoms with Crippen LogP contribution in [-0.4, -0.2) is 37.6 Å². The van der Waals surface area contributed by atoms with Crippen LogP contribution in [-0.2, 0) is 4.74 Å². The van der Waals surface area contributed by atoms with Crippen LogP contribution in [0.2, 0.25) is 0 Å². The molecule has 19 heavy (non-hydrogen) atoms. The number of nitrogens with two attached hydrogens (primary N) is 1. The van der Waals surface area contributed by atoms with Crippen molar-refractivity contribution < 1.29 is 9.53 Å². The van der Waals surface area contributed by atoms with Crippen LogP contribution in [0.15, 0.2) is 29.8 Å². The summed E-state index contributed by atoms with van der Waals surface area (Å²) in [5.74, 6) is 0.0533. The summed E-state index contributed by atoms with van der Waals surface area (Å²) in [5, 5.41) is 0. The summed E-state index contributed by atoms with van der Waals surface area (Å²) in [7, 11) is 1.69. The molecule has 0 fully saturated rings. The first-order valence-electron chi connectivity index (χ1n) is 6.44. The summed E-state index contributed by atoms with van der Waals surface area (Å²) in [6.07, 6.45) is 2.95. The van der Waals surface area contributed by atoms with Gasteiger partial charge in [0.25, 0.3) is 5.91 Å². The van der Waals surface area contributed by atoms with E-state index in [4.69, 9.17) is 10.5 Å². The highest BCUT2D eigenvalue weighted by Crippen LogP contribution is 2.18. The van der Waals surface area contributed by atoms with Crippen molar-refractivity contribution >= 4 is 11.6 Å². The highest BCUT2D eigenvalue weighted by molar-refractivity contribution is 5.96. The summed E-state index contributed by atoms with van der Waals surface area (Å²) < 4.78 is 5.11. The Labute approximate surface area is 113 Å². The number of carbonyl (C=O) groups is 1. The summed E-state index contributed by atoms with van der Waals surface area (Å²) in [6.45, 7) is 3.97. The highest BCUT2D eigenvalue weighted by Gasteiger charge is 2.20. The predicted octanol–water partition coefficient (Wildman–Crippen LogP) is 2.00. The number of hydrogen-bond acceptors (Lipinski definition) is 3. The second-order valence-corrected chi connectivity index (χ2v) is 4.87. The van der Waals surface area contributed by atoms with Crippen LogP contribution in [0, 0.1) is 6.92 Å². The number of nitrogen functional groups attached to an aromatic ring is 1. The first kappa shape index (κ1) is 13.6. The molecule has 1 amide bonds. The molecular weight excluding hydrogens is 240 g/mol. The fourth-order valence-corrected chi connectivity index (χ4v) is 2.25. The lowest BCUT2D eigenvalue weighted by molar-refractivity contribution is 0.0764. The molecule has 0 aliphatic carbocycles. The largest absolute Gasteiger partial charge is 0.399 e. The topological polar surface area (TPSA) is 55.6 Å². The van der Waals surface area contributed by atoms with E-state index in [0.29, 0.717) is 24.4 Å². The van der Waals surface area contributed by atoms with Crippen LogP contribution in [0.25, 0.3) is 0 Å². The van der Waals surface area contributed by atoms with Crippen molar-refractivity contribution in [1.29, 1.82) is 0 Å². The highest BCUT2D eigenvalue weighted by atomic mass is 16.5. The van der Waals surface area contributed by atoms with Gasteiger partial charge in [0.15, 0.2) is 0 Å². The van der Waals surface area contributed by atoms with Gasteiger partial charge in [-0.2, -0.15) is 0 Å². The van der Waals surface area contributed by atoms with Crippen LogP contribution in [0.1, 0.15) is 22.3 Å². The molecule has 2 N–H and O–H groups in total. The molecule has 4 heteroatoms. The summed E-state index contributed by atoms with van der Waals surface area (Å²) in [6, 6.07) is 5.46. The Morgan fingerprint density at radius 3 is 2.89 bits per heavy atom. The zero-order chi connectivity index (χ0) is 13.8. The fraction of sp³-hybridized carbons (Fsp3) is 0.400. The van der Waals surface area contributed by atoms with Gasteiger partial charge in [-0.15, -0.1) is 0 Å². The number of rotatable bonds is 3. The Kier molecular flexibility index (Phi) is 4.22. The standard InChI is InChI=1S/C15H20N2O2/c1-11-3-4-13(16)9-14(11)15(18)17-7-5-12(6-8-17)10-19-2/h3-5,9H,6-8,10,16H2,1-2H3. The number of methoxy groups -OCH3 is 1. The molecule has 0 saturated heterocycles. The molecule has 1 aromatic carbocycles. The number of aryl methyl sites for hydroxylation is 1. The second kappa shape index (κ2) is 5.89. The minimum atomic E-state index is 0.0533. The Hall–Kier alpha value is -1.81. The molecule has 1 aliphatic heterocycles. The van der Waals surface area contributed by atoms with Crippen molar-refractivity contribution in [3.05, 3.63) is 41.0 Å². The van der Waals surface area contributed by atoms with Gasteiger partial charge in [0.2, 0.25) is 0 Å². The van der Waals surface area contributed by atoms with E-state index >= 15 is 0 Å². The Bertz CT molecular complexity index is 509. The van der Waals surface area contributed by atoms with Gasteiger partial charge in [-0.3, -0.25) is 4.79 Å². The van der Waals surface area contributed by atoms with Gasteiger partial charge in [0, 0.05) is 31.5 Å². The van der Waals surface area contributed by atoms with Crippen LogP contribution in [0.5, 0.6) is 0 Å². The van der Waals surface area contributed by atoms with E-state index in [1.807, 2.05) is 24.0 Å². The van der Waals surface area contributed by atoms with Gasteiger partial charge in [-0.1, -0.05) is 12.1 Å². The minimum absolute atomic E-state index is 0.0533. The van der Waals surface area contributed by atoms with Crippen molar-refractivity contribution in [1.82, 2.24) is 4.90 Å². The first-order chi connectivity index (χ1) is 9.11. The number of benzene rings is 1. The van der Waals surface area contributed by atoms with Gasteiger partial charge in [0.05, 0.1) is 6.61 Å². The Morgan fingerprint density at radius 1 is 1.47 bits per heavy atom. The number of amides is 1. The number of anilines is 1. The number of ether oxygens (including phenoxy) is 1. The van der Waals surface area contributed by atoms with Gasteiger partial charge >= 0.3 is 0 Å². The number of nitrogens with zero attached hydrogens (tertiary/aromatic N) is 1. The van der Waals surface area contributed by atoms with Crippen LogP contribution in [0.4, 0.5) is 5.69 Å². The average Bonchev–Trinajstić information content (AvgIpc) is 2.42. The van der Waals surface area contributed by atoms with E-state index in [2.05, 4.69) is 6.08 Å². The molecule has 4 nitrogen and oxygen atoms in total. The van der Waals surface area contributed by atoms with E-state index in [0.717, 1.165) is 18.5 Å². The summed E-state index contributed by atoms with van der Waals surface area (Å²) in [5.41, 5.74) is 9.31. The monoisotopic (exact) mass is 260 g/mol. The number of hydrogen-bond donors (Lipinski definition) is 1. The van der Waals surface area contributed by atoms with Crippen LogP contribution >= 0.6 is 0 Å². The Balaban J connectivity index is 2.11. The molecule has 0 aromatic heterocycles. The van der Waals surface area contributed by atoms with E-state index < -0.39 is 0 Å². The minimum Gasteiger partial charge on any atom is -0.399 e. The third-order valence-electron chi connectivity index (χ3n) is 3.41. The Morgan fingerprint density at radius 2 is 2.26 bits per heavy atom. The van der Waals surface area contributed by atoms with E-state index in [9.17, 15) is 4.79 Å². The molecule has 0 unspecified atom stereocenters. The maximum atomic E-state index is 12.4. The molecule has 102 valence electrons. The van der Waals surface area contributed by atoms with E-state index in [-0.39, 0.29) is 5.91 Å². The SMILES string of the molecule is COCC1=CCN(C(=O)c2cc(N)ccc2C)CC1. The van der Waals surface area contributed by atoms with Crippen LogP contribution < -0.4 is 5.73 Å². The molecule has 2 rings (SSSR count). The molecular formula is C15H20N2O2. The quantitative estimate of drug-likeness (QED) is 0.668. The third kappa shape index (κ3) is 3.15. The molecule has 0 radical (unpaired) electrons. The smallest absolute Gasteiger partial charge is 0.254 e. The normalized spacial score (nSPS) is 15.3. The van der Waals surface area contributed by atoms with Gasteiger partial charge in [-0.25, -0.2) is 0 Å².